The van der Waals surface area contributed by atoms with Gasteiger partial charge >= 0.3 is 0 Å². The van der Waals surface area contributed by atoms with E-state index in [0.717, 1.165) is 52.7 Å². The molecular weight excluding hydrogens is 705 g/mol. The summed E-state index contributed by atoms with van der Waals surface area (Å²) < 4.78 is 5.11. The van der Waals surface area contributed by atoms with E-state index >= 15 is 0 Å². The van der Waals surface area contributed by atoms with E-state index in [9.17, 15) is 0 Å². The Balaban J connectivity index is 1.11. The normalized spacial score (nSPS) is 12.6. The van der Waals surface area contributed by atoms with Crippen LogP contribution in [0.4, 0.5) is 34.1 Å². The van der Waals surface area contributed by atoms with Crippen molar-refractivity contribution in [2.45, 2.75) is 25.7 Å². The number of benzene rings is 8. The summed E-state index contributed by atoms with van der Waals surface area (Å²) >= 11 is 0. The zero-order chi connectivity index (χ0) is 38.4. The van der Waals surface area contributed by atoms with Gasteiger partial charge in [-0.2, -0.15) is 0 Å². The molecule has 0 atom stereocenters. The lowest BCUT2D eigenvalue weighted by atomic mass is 9.95. The molecule has 0 aliphatic heterocycles. The second-order valence-electron chi connectivity index (χ2n) is 15.2. The van der Waals surface area contributed by atoms with Gasteiger partial charge in [-0.25, -0.2) is 0 Å². The molecule has 0 saturated heterocycles. The smallest absolute Gasteiger partial charge is 0.0788 e. The summed E-state index contributed by atoms with van der Waals surface area (Å²) in [7, 11) is 0. The van der Waals surface area contributed by atoms with Gasteiger partial charge < -0.3 is 18.9 Å². The molecule has 4 heteroatoms. The van der Waals surface area contributed by atoms with Gasteiger partial charge in [0.2, 0.25) is 0 Å². The fraction of sp³-hybridized carbons (Fsp3) is 0.0741. The molecule has 0 saturated carbocycles. The maximum absolute atomic E-state index is 2.60. The van der Waals surface area contributed by atoms with E-state index in [4.69, 9.17) is 0 Å². The summed E-state index contributed by atoms with van der Waals surface area (Å²) in [6, 6.07) is 74.6. The highest BCUT2D eigenvalue weighted by atomic mass is 15.1. The Morgan fingerprint density at radius 3 is 1.22 bits per heavy atom. The third kappa shape index (κ3) is 5.68. The zero-order valence-corrected chi connectivity index (χ0v) is 32.2. The van der Waals surface area contributed by atoms with E-state index in [-0.39, 0.29) is 0 Å². The van der Waals surface area contributed by atoms with Crippen LogP contribution in [0.25, 0.3) is 44.1 Å². The van der Waals surface area contributed by atoms with Crippen LogP contribution >= 0.6 is 0 Å². The summed E-state index contributed by atoms with van der Waals surface area (Å²) in [6.45, 7) is 0. The van der Waals surface area contributed by atoms with E-state index in [1.807, 2.05) is 0 Å². The van der Waals surface area contributed by atoms with Gasteiger partial charge in [-0.05, 0) is 134 Å². The van der Waals surface area contributed by atoms with Crippen LogP contribution in [0, 0.1) is 0 Å². The van der Waals surface area contributed by atoms with Gasteiger partial charge in [-0.15, -0.1) is 0 Å². The number of aromatic nitrogens is 2. The molecule has 0 radical (unpaired) electrons. The quantitative estimate of drug-likeness (QED) is 0.154. The molecule has 0 amide bonds. The predicted molar refractivity (Wildman–Crippen MR) is 244 cm³/mol. The van der Waals surface area contributed by atoms with Gasteiger partial charge in [0.05, 0.1) is 16.6 Å². The molecule has 0 fully saturated rings. The number of hydrogen-bond acceptors (Lipinski definition) is 2. The fourth-order valence-corrected chi connectivity index (χ4v) is 9.33. The average Bonchev–Trinajstić information content (AvgIpc) is 3.82. The first kappa shape index (κ1) is 34.0. The van der Waals surface area contributed by atoms with Crippen LogP contribution in [-0.2, 0) is 12.8 Å². The average molecular weight is 747 g/mol. The highest BCUT2D eigenvalue weighted by Crippen LogP contribution is 2.44. The minimum Gasteiger partial charge on any atom is -0.311 e. The Morgan fingerprint density at radius 2 is 0.707 bits per heavy atom. The molecule has 2 aromatic heterocycles. The number of fused-ring (bicyclic) bond motifs is 7. The van der Waals surface area contributed by atoms with E-state index in [1.165, 1.54) is 62.5 Å². The summed E-state index contributed by atoms with van der Waals surface area (Å²) in [6.07, 6.45) is 4.58. The summed E-state index contributed by atoms with van der Waals surface area (Å²) in [5, 5.41) is 3.90. The lowest BCUT2D eigenvalue weighted by Crippen LogP contribution is -2.10. The second kappa shape index (κ2) is 14.3. The number of anilines is 6. The standard InChI is InChI=1S/C54H42N4/c1-5-17-39(18-6-1)55(40-19-7-2-8-20-40)43-29-33-45(34-30-43)57-51-27-15-13-25-47(51)49-37-38-50-48-26-14-16-28-52(48)58(54(50)53(49)57)46-35-31-44(32-36-46)56(41-21-9-3-10-22-41)42-23-11-4-12-24-42/h1-13,15,17-25,27,29-38H,14,16,26,28H2. The van der Waals surface area contributed by atoms with E-state index in [2.05, 4.69) is 225 Å². The molecule has 0 N–H and O–H groups in total. The van der Waals surface area contributed by atoms with Gasteiger partial charge in [0.15, 0.2) is 0 Å². The zero-order valence-electron chi connectivity index (χ0n) is 32.2. The van der Waals surface area contributed by atoms with Crippen LogP contribution in [0.3, 0.4) is 0 Å². The van der Waals surface area contributed by atoms with Crippen LogP contribution < -0.4 is 9.80 Å². The van der Waals surface area contributed by atoms with E-state index in [0.29, 0.717) is 0 Å². The summed E-state index contributed by atoms with van der Waals surface area (Å²) in [5.41, 5.74) is 15.8. The van der Waals surface area contributed by atoms with Crippen LogP contribution in [0.15, 0.2) is 206 Å². The molecule has 0 bridgehead atoms. The molecule has 10 aromatic rings. The molecule has 2 heterocycles. The highest BCUT2D eigenvalue weighted by molar-refractivity contribution is 6.19. The molecule has 11 rings (SSSR count). The fourth-order valence-electron chi connectivity index (χ4n) is 9.33. The van der Waals surface area contributed by atoms with Crippen LogP contribution in [0.2, 0.25) is 0 Å². The maximum atomic E-state index is 2.60. The largest absolute Gasteiger partial charge is 0.311 e. The highest BCUT2D eigenvalue weighted by Gasteiger charge is 2.26. The van der Waals surface area contributed by atoms with E-state index < -0.39 is 0 Å². The van der Waals surface area contributed by atoms with Gasteiger partial charge in [-0.3, -0.25) is 0 Å². The van der Waals surface area contributed by atoms with Crippen molar-refractivity contribution in [3.05, 3.63) is 218 Å². The molecule has 0 spiro atoms. The SMILES string of the molecule is c1ccc(N(c2ccccc2)c2ccc(-n3c4c(c5ccc6c7ccccc7n(-c7ccc(N(c8ccccc8)c8ccccc8)cc7)c6c53)CCCC4)cc2)cc1. The molecule has 278 valence electrons. The van der Waals surface area contributed by atoms with Crippen molar-refractivity contribution in [2.75, 3.05) is 9.80 Å². The predicted octanol–water partition coefficient (Wildman–Crippen LogP) is 14.5. The van der Waals surface area contributed by atoms with Crippen molar-refractivity contribution < 1.29 is 0 Å². The third-order valence-electron chi connectivity index (χ3n) is 11.9. The van der Waals surface area contributed by atoms with Crippen LogP contribution in [0.1, 0.15) is 24.1 Å². The number of hydrogen-bond donors (Lipinski definition) is 0. The first-order valence-electron chi connectivity index (χ1n) is 20.4. The Bertz CT molecular complexity index is 2940. The molecule has 8 aromatic carbocycles. The van der Waals surface area contributed by atoms with Crippen molar-refractivity contribution in [1.82, 2.24) is 9.13 Å². The Labute approximate surface area is 339 Å². The van der Waals surface area contributed by atoms with Gasteiger partial charge in [0.1, 0.15) is 0 Å². The molecule has 58 heavy (non-hydrogen) atoms. The maximum Gasteiger partial charge on any atom is 0.0788 e. The second-order valence-corrected chi connectivity index (χ2v) is 15.2. The summed E-state index contributed by atoms with van der Waals surface area (Å²) in [5.74, 6) is 0. The van der Waals surface area contributed by atoms with Crippen molar-refractivity contribution in [1.29, 1.82) is 0 Å². The van der Waals surface area contributed by atoms with Gasteiger partial charge in [-0.1, -0.05) is 103 Å². The molecule has 4 nitrogen and oxygen atoms in total. The number of rotatable bonds is 8. The van der Waals surface area contributed by atoms with Crippen LogP contribution in [-0.4, -0.2) is 9.13 Å². The lowest BCUT2D eigenvalue weighted by Gasteiger charge is -2.26. The summed E-state index contributed by atoms with van der Waals surface area (Å²) in [4.78, 5) is 4.66. The minimum atomic E-state index is 1.07. The monoisotopic (exact) mass is 746 g/mol. The molecular formula is C54H42N4. The molecule has 1 aliphatic carbocycles. The van der Waals surface area contributed by atoms with Crippen LogP contribution in [0.5, 0.6) is 0 Å². The molecule has 0 unspecified atom stereocenters. The Morgan fingerprint density at radius 1 is 0.310 bits per heavy atom. The number of para-hydroxylation sites is 5. The molecule has 1 aliphatic rings. The first-order valence-corrected chi connectivity index (χ1v) is 20.4. The lowest BCUT2D eigenvalue weighted by molar-refractivity contribution is 0.667. The van der Waals surface area contributed by atoms with Gasteiger partial charge in [0.25, 0.3) is 0 Å². The number of aryl methyl sites for hydroxylation is 1. The van der Waals surface area contributed by atoms with Crippen molar-refractivity contribution in [3.63, 3.8) is 0 Å². The van der Waals surface area contributed by atoms with Crippen molar-refractivity contribution >= 4 is 66.8 Å². The Kier molecular flexibility index (Phi) is 8.40. The van der Waals surface area contributed by atoms with Crippen molar-refractivity contribution in [2.24, 2.45) is 0 Å². The minimum absolute atomic E-state index is 1.07. The van der Waals surface area contributed by atoms with E-state index in [1.54, 1.807) is 0 Å². The number of nitrogens with zero attached hydrogens (tertiary/aromatic N) is 4. The third-order valence-corrected chi connectivity index (χ3v) is 11.9. The topological polar surface area (TPSA) is 16.3 Å². The van der Waals surface area contributed by atoms with Crippen molar-refractivity contribution in [3.8, 4) is 11.4 Å². The van der Waals surface area contributed by atoms with Gasteiger partial charge in [0, 0.05) is 67.4 Å². The first-order chi connectivity index (χ1) is 28.8. The Hall–Kier alpha value is -7.30.